The van der Waals surface area contributed by atoms with Gasteiger partial charge < -0.3 is 14.4 Å². The minimum atomic E-state index is -0.506. The summed E-state index contributed by atoms with van der Waals surface area (Å²) in [7, 11) is -0.506. The molecule has 17 heavy (non-hydrogen) atoms. The van der Waals surface area contributed by atoms with E-state index in [1.54, 1.807) is 6.07 Å². The van der Waals surface area contributed by atoms with Gasteiger partial charge in [-0.05, 0) is 62.4 Å². The van der Waals surface area contributed by atoms with Gasteiger partial charge in [0, 0.05) is 9.03 Å². The third kappa shape index (κ3) is 2.20. The molecule has 0 amide bonds. The largest absolute Gasteiger partial charge is 0.508 e. The van der Waals surface area contributed by atoms with Gasteiger partial charge in [-0.1, -0.05) is 6.07 Å². The predicted molar refractivity (Wildman–Crippen MR) is 76.5 cm³/mol. The van der Waals surface area contributed by atoms with Crippen LogP contribution in [0.2, 0.25) is 0 Å². The monoisotopic (exact) mass is 346 g/mol. The number of phenolic OH excluding ortho intramolecular Hbond substituents is 1. The van der Waals surface area contributed by atoms with Gasteiger partial charge in [0.25, 0.3) is 0 Å². The van der Waals surface area contributed by atoms with Crippen LogP contribution in [-0.4, -0.2) is 23.4 Å². The molecule has 0 aromatic heterocycles. The standard InChI is InChI=1S/C12H16BIO3/c1-11(2)12(3,4)17-13(16-11)10-8(14)6-5-7-9(10)15/h5-7,15H,1-4H3. The van der Waals surface area contributed by atoms with Crippen molar-refractivity contribution in [3.8, 4) is 5.75 Å². The van der Waals surface area contributed by atoms with Crippen molar-refractivity contribution in [3.05, 3.63) is 21.8 Å². The van der Waals surface area contributed by atoms with E-state index < -0.39 is 7.12 Å². The van der Waals surface area contributed by atoms with E-state index in [-0.39, 0.29) is 17.0 Å². The summed E-state index contributed by atoms with van der Waals surface area (Å²) < 4.78 is 12.8. The van der Waals surface area contributed by atoms with E-state index in [0.29, 0.717) is 5.46 Å². The highest BCUT2D eigenvalue weighted by Crippen LogP contribution is 2.37. The van der Waals surface area contributed by atoms with Crippen LogP contribution >= 0.6 is 22.6 Å². The first-order valence-corrected chi connectivity index (χ1v) is 6.65. The van der Waals surface area contributed by atoms with Crippen LogP contribution in [0.15, 0.2) is 18.2 Å². The van der Waals surface area contributed by atoms with E-state index in [1.807, 2.05) is 39.8 Å². The Kier molecular flexibility index (Phi) is 3.21. The first-order valence-electron chi connectivity index (χ1n) is 5.57. The molecule has 1 aromatic rings. The third-order valence-electron chi connectivity index (χ3n) is 3.52. The molecule has 0 saturated carbocycles. The van der Waals surface area contributed by atoms with Crippen LogP contribution in [0, 0.1) is 3.57 Å². The number of hydrogen-bond acceptors (Lipinski definition) is 3. The Morgan fingerprint density at radius 1 is 1.12 bits per heavy atom. The summed E-state index contributed by atoms with van der Waals surface area (Å²) in [6.45, 7) is 8.00. The van der Waals surface area contributed by atoms with Gasteiger partial charge in [-0.2, -0.15) is 0 Å². The first-order chi connectivity index (χ1) is 7.74. The summed E-state index contributed by atoms with van der Waals surface area (Å²) in [5.74, 6) is 0.218. The number of hydrogen-bond donors (Lipinski definition) is 1. The molecule has 0 radical (unpaired) electrons. The van der Waals surface area contributed by atoms with E-state index in [4.69, 9.17) is 9.31 Å². The molecule has 0 atom stereocenters. The second kappa shape index (κ2) is 4.14. The highest BCUT2D eigenvalue weighted by atomic mass is 127. The van der Waals surface area contributed by atoms with Gasteiger partial charge in [-0.25, -0.2) is 0 Å². The molecule has 5 heteroatoms. The SMILES string of the molecule is CC1(C)OB(c2c(O)cccc2I)OC1(C)C. The summed E-state index contributed by atoms with van der Waals surface area (Å²) >= 11 is 2.18. The summed E-state index contributed by atoms with van der Waals surface area (Å²) in [5.41, 5.74) is -0.0572. The fourth-order valence-corrected chi connectivity index (χ4v) is 2.46. The number of benzene rings is 1. The van der Waals surface area contributed by atoms with Gasteiger partial charge >= 0.3 is 7.12 Å². The fraction of sp³-hybridized carbons (Fsp3) is 0.500. The van der Waals surface area contributed by atoms with Gasteiger partial charge in [0.2, 0.25) is 0 Å². The molecule has 1 fully saturated rings. The van der Waals surface area contributed by atoms with E-state index in [2.05, 4.69) is 22.6 Å². The van der Waals surface area contributed by atoms with Gasteiger partial charge in [0.05, 0.1) is 11.2 Å². The Bertz CT molecular complexity index is 409. The zero-order chi connectivity index (χ0) is 12.8. The molecule has 1 aliphatic heterocycles. The topological polar surface area (TPSA) is 38.7 Å². The Labute approximate surface area is 116 Å². The van der Waals surface area contributed by atoms with Crippen LogP contribution in [-0.2, 0) is 9.31 Å². The number of phenols is 1. The number of rotatable bonds is 1. The number of halogens is 1. The normalized spacial score (nSPS) is 21.8. The lowest BCUT2D eigenvalue weighted by molar-refractivity contribution is 0.00578. The quantitative estimate of drug-likeness (QED) is 0.627. The lowest BCUT2D eigenvalue weighted by Crippen LogP contribution is -2.41. The van der Waals surface area contributed by atoms with Crippen LogP contribution in [0.5, 0.6) is 5.75 Å². The molecule has 2 rings (SSSR count). The van der Waals surface area contributed by atoms with Crippen LogP contribution in [0.4, 0.5) is 0 Å². The van der Waals surface area contributed by atoms with Crippen LogP contribution in [0.1, 0.15) is 27.7 Å². The Hall–Kier alpha value is -0.265. The van der Waals surface area contributed by atoms with Crippen molar-refractivity contribution in [2.24, 2.45) is 0 Å². The Morgan fingerprint density at radius 3 is 2.12 bits per heavy atom. The average Bonchev–Trinajstić information content (AvgIpc) is 2.35. The number of aromatic hydroxyl groups is 1. The highest BCUT2D eigenvalue weighted by molar-refractivity contribution is 14.1. The summed E-state index contributed by atoms with van der Waals surface area (Å²) in [5, 5.41) is 9.93. The lowest BCUT2D eigenvalue weighted by atomic mass is 9.78. The molecular weight excluding hydrogens is 330 g/mol. The van der Waals surface area contributed by atoms with Crippen molar-refractivity contribution >= 4 is 35.2 Å². The van der Waals surface area contributed by atoms with E-state index >= 15 is 0 Å². The molecule has 1 aliphatic rings. The first kappa shape index (κ1) is 13.2. The van der Waals surface area contributed by atoms with Crippen molar-refractivity contribution in [1.82, 2.24) is 0 Å². The van der Waals surface area contributed by atoms with Crippen molar-refractivity contribution in [2.75, 3.05) is 0 Å². The van der Waals surface area contributed by atoms with Gasteiger partial charge in [0.1, 0.15) is 5.75 Å². The second-order valence-electron chi connectivity index (χ2n) is 5.26. The minimum Gasteiger partial charge on any atom is -0.508 e. The molecule has 0 spiro atoms. The summed E-state index contributed by atoms with van der Waals surface area (Å²) in [6.07, 6.45) is 0. The molecule has 1 aromatic carbocycles. The minimum absolute atomic E-state index is 0.218. The molecule has 0 aliphatic carbocycles. The molecule has 3 nitrogen and oxygen atoms in total. The maximum absolute atomic E-state index is 9.93. The summed E-state index contributed by atoms with van der Waals surface area (Å²) in [6, 6.07) is 5.40. The van der Waals surface area contributed by atoms with Crippen molar-refractivity contribution in [2.45, 2.75) is 38.9 Å². The summed E-state index contributed by atoms with van der Waals surface area (Å²) in [4.78, 5) is 0. The zero-order valence-corrected chi connectivity index (χ0v) is 12.6. The van der Waals surface area contributed by atoms with Crippen LogP contribution in [0.3, 0.4) is 0 Å². The highest BCUT2D eigenvalue weighted by Gasteiger charge is 2.52. The van der Waals surface area contributed by atoms with Gasteiger partial charge in [0.15, 0.2) is 0 Å². The molecular formula is C12H16BIO3. The van der Waals surface area contributed by atoms with E-state index in [1.165, 1.54) is 0 Å². The molecule has 0 unspecified atom stereocenters. The maximum Gasteiger partial charge on any atom is 0.499 e. The smallest absolute Gasteiger partial charge is 0.499 e. The molecule has 1 N–H and O–H groups in total. The predicted octanol–water partition coefficient (Wildman–Crippen LogP) is 2.30. The van der Waals surface area contributed by atoms with Crippen molar-refractivity contribution in [3.63, 3.8) is 0 Å². The van der Waals surface area contributed by atoms with Crippen molar-refractivity contribution < 1.29 is 14.4 Å². The Balaban J connectivity index is 2.39. The van der Waals surface area contributed by atoms with E-state index in [9.17, 15) is 5.11 Å². The average molecular weight is 346 g/mol. The zero-order valence-electron chi connectivity index (χ0n) is 10.5. The lowest BCUT2D eigenvalue weighted by Gasteiger charge is -2.32. The second-order valence-corrected chi connectivity index (χ2v) is 6.42. The van der Waals surface area contributed by atoms with Crippen LogP contribution < -0.4 is 5.46 Å². The molecule has 0 bridgehead atoms. The fourth-order valence-electron chi connectivity index (χ4n) is 1.72. The maximum atomic E-state index is 9.93. The van der Waals surface area contributed by atoms with Crippen molar-refractivity contribution in [1.29, 1.82) is 0 Å². The molecule has 92 valence electrons. The molecule has 1 heterocycles. The Morgan fingerprint density at radius 2 is 1.65 bits per heavy atom. The molecule has 1 saturated heterocycles. The van der Waals surface area contributed by atoms with Gasteiger partial charge in [-0.15, -0.1) is 0 Å². The van der Waals surface area contributed by atoms with E-state index in [0.717, 1.165) is 3.57 Å². The van der Waals surface area contributed by atoms with Crippen LogP contribution in [0.25, 0.3) is 0 Å². The van der Waals surface area contributed by atoms with Gasteiger partial charge in [-0.3, -0.25) is 0 Å². The third-order valence-corrected chi connectivity index (χ3v) is 4.46.